The molecule has 0 spiro atoms. The summed E-state index contributed by atoms with van der Waals surface area (Å²) in [6.45, 7) is 5.47. The largest absolute Gasteiger partial charge is 0.351 e. The number of nitrogens with one attached hydrogen (secondary N) is 2. The van der Waals surface area contributed by atoms with E-state index in [9.17, 15) is 21.6 Å². The van der Waals surface area contributed by atoms with Gasteiger partial charge in [0, 0.05) is 18.6 Å². The molecule has 0 aromatic heterocycles. The van der Waals surface area contributed by atoms with Crippen LogP contribution in [-0.2, 0) is 31.4 Å². The van der Waals surface area contributed by atoms with E-state index >= 15 is 0 Å². The van der Waals surface area contributed by atoms with E-state index in [4.69, 9.17) is 0 Å². The molecule has 32 heavy (non-hydrogen) atoms. The molecule has 1 aliphatic rings. The summed E-state index contributed by atoms with van der Waals surface area (Å²) in [5.41, 5.74) is -0.237. The van der Waals surface area contributed by atoms with Crippen LogP contribution in [0, 0.1) is 0 Å². The highest BCUT2D eigenvalue weighted by atomic mass is 32.2. The van der Waals surface area contributed by atoms with Gasteiger partial charge in [-0.25, -0.2) is 21.6 Å². The molecule has 1 saturated heterocycles. The molecule has 3 rings (SSSR count). The Morgan fingerprint density at radius 3 is 2.28 bits per heavy atom. The Kier molecular flexibility index (Phi) is 7.09. The predicted octanol–water partition coefficient (Wildman–Crippen LogP) is 2.23. The minimum absolute atomic E-state index is 0.0320. The summed E-state index contributed by atoms with van der Waals surface area (Å²) in [6.07, 6.45) is 0.980. The monoisotopic (exact) mass is 479 g/mol. The molecule has 8 nitrogen and oxygen atoms in total. The second-order valence-electron chi connectivity index (χ2n) is 8.77. The molecule has 1 aliphatic heterocycles. The Labute approximate surface area is 190 Å². The van der Waals surface area contributed by atoms with E-state index < -0.39 is 37.5 Å². The Balaban J connectivity index is 1.77. The van der Waals surface area contributed by atoms with Gasteiger partial charge in [-0.3, -0.25) is 4.79 Å². The fourth-order valence-electron chi connectivity index (χ4n) is 3.69. The number of sulfonamides is 2. The fourth-order valence-corrected chi connectivity index (χ4v) is 7.02. The van der Waals surface area contributed by atoms with Crippen molar-refractivity contribution in [3.63, 3.8) is 0 Å². The van der Waals surface area contributed by atoms with Gasteiger partial charge in [-0.05, 0) is 57.4 Å². The van der Waals surface area contributed by atoms with Crippen LogP contribution in [0.1, 0.15) is 39.2 Å². The fraction of sp³-hybridized carbons (Fsp3) is 0.409. The van der Waals surface area contributed by atoms with Gasteiger partial charge in [0.25, 0.3) is 0 Å². The minimum Gasteiger partial charge on any atom is -0.351 e. The molecule has 1 heterocycles. The molecule has 1 unspecified atom stereocenters. The van der Waals surface area contributed by atoms with Gasteiger partial charge in [0.05, 0.1) is 9.79 Å². The number of hydrogen-bond donors (Lipinski definition) is 2. The normalized spacial score (nSPS) is 17.9. The number of carbonyl (C=O) groups excluding carboxylic acids is 1. The highest BCUT2D eigenvalue weighted by molar-refractivity contribution is 7.89. The maximum absolute atomic E-state index is 13.0. The maximum Gasteiger partial charge on any atom is 0.243 e. The van der Waals surface area contributed by atoms with Crippen molar-refractivity contribution in [2.45, 2.75) is 61.5 Å². The summed E-state index contributed by atoms with van der Waals surface area (Å²) in [5, 5.41) is 2.73. The molecule has 2 aromatic carbocycles. The quantitative estimate of drug-likeness (QED) is 0.632. The predicted molar refractivity (Wildman–Crippen MR) is 122 cm³/mol. The van der Waals surface area contributed by atoms with Crippen molar-refractivity contribution in [3.8, 4) is 0 Å². The first-order valence-corrected chi connectivity index (χ1v) is 13.3. The van der Waals surface area contributed by atoms with Gasteiger partial charge >= 0.3 is 0 Å². The molecule has 2 N–H and O–H groups in total. The Morgan fingerprint density at radius 1 is 1.00 bits per heavy atom. The second kappa shape index (κ2) is 9.30. The lowest BCUT2D eigenvalue weighted by Crippen LogP contribution is -2.45. The van der Waals surface area contributed by atoms with Gasteiger partial charge in [0.1, 0.15) is 6.04 Å². The van der Waals surface area contributed by atoms with Gasteiger partial charge in [0.15, 0.2) is 0 Å². The number of rotatable bonds is 7. The van der Waals surface area contributed by atoms with Crippen LogP contribution >= 0.6 is 0 Å². The van der Waals surface area contributed by atoms with E-state index in [0.29, 0.717) is 18.4 Å². The van der Waals surface area contributed by atoms with Crippen LogP contribution in [0.3, 0.4) is 0 Å². The van der Waals surface area contributed by atoms with Crippen molar-refractivity contribution in [1.29, 1.82) is 0 Å². The number of amides is 1. The van der Waals surface area contributed by atoms with Crippen LogP contribution in [-0.4, -0.2) is 45.2 Å². The number of carbonyl (C=O) groups is 1. The Bertz CT molecular complexity index is 1170. The van der Waals surface area contributed by atoms with Crippen molar-refractivity contribution in [3.05, 3.63) is 60.2 Å². The van der Waals surface area contributed by atoms with E-state index in [0.717, 1.165) is 0 Å². The van der Waals surface area contributed by atoms with Crippen LogP contribution in [0.2, 0.25) is 0 Å². The van der Waals surface area contributed by atoms with Crippen LogP contribution in [0.25, 0.3) is 0 Å². The maximum atomic E-state index is 13.0. The summed E-state index contributed by atoms with van der Waals surface area (Å²) in [6, 6.07) is 13.6. The van der Waals surface area contributed by atoms with E-state index in [2.05, 4.69) is 10.0 Å². The Morgan fingerprint density at radius 2 is 1.62 bits per heavy atom. The topological polar surface area (TPSA) is 113 Å². The highest BCUT2D eigenvalue weighted by Crippen LogP contribution is 2.26. The molecule has 0 saturated carbocycles. The zero-order chi connectivity index (χ0) is 23.6. The van der Waals surface area contributed by atoms with Crippen molar-refractivity contribution in [2.75, 3.05) is 6.54 Å². The van der Waals surface area contributed by atoms with Crippen molar-refractivity contribution < 1.29 is 21.6 Å². The van der Waals surface area contributed by atoms with Crippen LogP contribution in [0.15, 0.2) is 64.4 Å². The SMILES string of the molecule is CC(C)(C)NS(=O)(=O)c1ccccc1CNC(=O)C1CCCN1S(=O)(=O)c1ccccc1. The standard InChI is InChI=1S/C22H29N3O5S2/c1-22(2,3)24-31(27,28)20-14-8-7-10-17(20)16-23-21(26)19-13-9-15-25(19)32(29,30)18-11-5-4-6-12-18/h4-8,10-12,14,19,24H,9,13,15-16H2,1-3H3,(H,23,26). The summed E-state index contributed by atoms with van der Waals surface area (Å²) in [4.78, 5) is 13.1. The van der Waals surface area contributed by atoms with Crippen molar-refractivity contribution >= 4 is 26.0 Å². The minimum atomic E-state index is -3.80. The van der Waals surface area contributed by atoms with E-state index in [1.54, 1.807) is 57.2 Å². The molecule has 10 heteroatoms. The average molecular weight is 480 g/mol. The van der Waals surface area contributed by atoms with Crippen LogP contribution in [0.4, 0.5) is 0 Å². The molecule has 1 atom stereocenters. The van der Waals surface area contributed by atoms with Crippen LogP contribution < -0.4 is 10.0 Å². The van der Waals surface area contributed by atoms with Crippen molar-refractivity contribution in [2.24, 2.45) is 0 Å². The summed E-state index contributed by atoms with van der Waals surface area (Å²) >= 11 is 0. The summed E-state index contributed by atoms with van der Waals surface area (Å²) in [5.74, 6) is -0.446. The van der Waals surface area contributed by atoms with Gasteiger partial charge < -0.3 is 5.32 Å². The number of hydrogen-bond acceptors (Lipinski definition) is 5. The van der Waals surface area contributed by atoms with Crippen molar-refractivity contribution in [1.82, 2.24) is 14.3 Å². The molecule has 1 fully saturated rings. The first-order valence-electron chi connectivity index (χ1n) is 10.4. The van der Waals surface area contributed by atoms with E-state index in [1.165, 1.54) is 22.5 Å². The number of benzene rings is 2. The zero-order valence-corrected chi connectivity index (χ0v) is 20.0. The van der Waals surface area contributed by atoms with Gasteiger partial charge in [0.2, 0.25) is 26.0 Å². The third-order valence-corrected chi connectivity index (χ3v) is 8.79. The lowest BCUT2D eigenvalue weighted by Gasteiger charge is -2.24. The molecule has 1 amide bonds. The molecule has 0 aliphatic carbocycles. The highest BCUT2D eigenvalue weighted by Gasteiger charge is 2.39. The number of nitrogens with zero attached hydrogens (tertiary/aromatic N) is 1. The lowest BCUT2D eigenvalue weighted by molar-refractivity contribution is -0.124. The average Bonchev–Trinajstić information content (AvgIpc) is 3.22. The summed E-state index contributed by atoms with van der Waals surface area (Å²) in [7, 11) is -7.59. The first kappa shape index (κ1) is 24.4. The first-order chi connectivity index (χ1) is 14.9. The zero-order valence-electron chi connectivity index (χ0n) is 18.4. The second-order valence-corrected chi connectivity index (χ2v) is 12.3. The van der Waals surface area contributed by atoms with E-state index in [1.807, 2.05) is 0 Å². The van der Waals surface area contributed by atoms with Crippen LogP contribution in [0.5, 0.6) is 0 Å². The molecule has 174 valence electrons. The van der Waals surface area contributed by atoms with Gasteiger partial charge in [-0.15, -0.1) is 0 Å². The molecular weight excluding hydrogens is 450 g/mol. The molecule has 0 bridgehead atoms. The summed E-state index contributed by atoms with van der Waals surface area (Å²) < 4.78 is 55.4. The van der Waals surface area contributed by atoms with E-state index in [-0.39, 0.29) is 22.9 Å². The third kappa shape index (κ3) is 5.55. The Hall–Kier alpha value is -2.27. The third-order valence-electron chi connectivity index (χ3n) is 5.01. The molecule has 0 radical (unpaired) electrons. The lowest BCUT2D eigenvalue weighted by atomic mass is 10.1. The molecule has 2 aromatic rings. The smallest absolute Gasteiger partial charge is 0.243 e. The van der Waals surface area contributed by atoms with Gasteiger partial charge in [-0.1, -0.05) is 36.4 Å². The van der Waals surface area contributed by atoms with Gasteiger partial charge in [-0.2, -0.15) is 4.31 Å². The molecular formula is C22H29N3O5S2.